The summed E-state index contributed by atoms with van der Waals surface area (Å²) in [6.07, 6.45) is 3.17. The van der Waals surface area contributed by atoms with Gasteiger partial charge in [-0.05, 0) is 44.7 Å². The summed E-state index contributed by atoms with van der Waals surface area (Å²) in [5, 5.41) is 3.52. The van der Waals surface area contributed by atoms with Gasteiger partial charge < -0.3 is 19.7 Å². The van der Waals surface area contributed by atoms with Gasteiger partial charge in [0.05, 0.1) is 18.3 Å². The molecule has 0 radical (unpaired) electrons. The third-order valence-corrected chi connectivity index (χ3v) is 5.73. The molecule has 0 aromatic heterocycles. The van der Waals surface area contributed by atoms with E-state index in [1.807, 2.05) is 7.05 Å². The first-order valence-electron chi connectivity index (χ1n) is 11.1. The Morgan fingerprint density at radius 3 is 2.31 bits per heavy atom. The second-order valence-electron chi connectivity index (χ2n) is 8.31. The van der Waals surface area contributed by atoms with Crippen molar-refractivity contribution in [2.45, 2.75) is 65.0 Å². The molecule has 2 fully saturated rings. The highest BCUT2D eigenvalue weighted by atomic mass is 16.5. The van der Waals surface area contributed by atoms with Crippen molar-refractivity contribution in [3.8, 4) is 0 Å². The summed E-state index contributed by atoms with van der Waals surface area (Å²) >= 11 is 0. The van der Waals surface area contributed by atoms with E-state index >= 15 is 0 Å². The third kappa shape index (κ3) is 6.69. The fourth-order valence-corrected chi connectivity index (χ4v) is 4.42. The molecule has 1 aromatic rings. The van der Waals surface area contributed by atoms with Gasteiger partial charge in [-0.3, -0.25) is 9.89 Å². The van der Waals surface area contributed by atoms with Gasteiger partial charge in [0, 0.05) is 52.9 Å². The van der Waals surface area contributed by atoms with Crippen LogP contribution in [0.3, 0.4) is 0 Å². The lowest BCUT2D eigenvalue weighted by Crippen LogP contribution is -2.46. The van der Waals surface area contributed by atoms with E-state index < -0.39 is 0 Å². The molecule has 6 heteroatoms. The monoisotopic (exact) mass is 402 g/mol. The zero-order valence-electron chi connectivity index (χ0n) is 18.6. The highest BCUT2D eigenvalue weighted by Crippen LogP contribution is 2.16. The molecule has 0 spiro atoms. The van der Waals surface area contributed by atoms with Gasteiger partial charge in [-0.25, -0.2) is 0 Å². The van der Waals surface area contributed by atoms with Crippen molar-refractivity contribution in [3.05, 3.63) is 35.4 Å². The molecule has 2 saturated heterocycles. The molecule has 2 unspecified atom stereocenters. The zero-order chi connectivity index (χ0) is 20.6. The lowest BCUT2D eigenvalue weighted by atomic mass is 10.1. The number of hydrogen-bond acceptors (Lipinski definition) is 4. The predicted octanol–water partition coefficient (Wildman–Crippen LogP) is 2.87. The maximum atomic E-state index is 5.83. The minimum absolute atomic E-state index is 0.313. The second-order valence-corrected chi connectivity index (χ2v) is 8.31. The van der Waals surface area contributed by atoms with E-state index in [9.17, 15) is 0 Å². The normalized spacial score (nSPS) is 24.7. The molecule has 0 aliphatic carbocycles. The highest BCUT2D eigenvalue weighted by Gasteiger charge is 2.22. The fourth-order valence-electron chi connectivity index (χ4n) is 4.42. The van der Waals surface area contributed by atoms with Crippen molar-refractivity contribution in [1.29, 1.82) is 0 Å². The number of nitrogens with one attached hydrogen (secondary N) is 1. The Morgan fingerprint density at radius 2 is 1.72 bits per heavy atom. The molecule has 2 atom stereocenters. The molecule has 0 saturated carbocycles. The number of guanidine groups is 1. The number of piperidine rings is 1. The third-order valence-electron chi connectivity index (χ3n) is 5.73. The maximum absolute atomic E-state index is 5.83. The van der Waals surface area contributed by atoms with Crippen LogP contribution in [0.4, 0.5) is 0 Å². The van der Waals surface area contributed by atoms with Gasteiger partial charge in [0.1, 0.15) is 0 Å². The van der Waals surface area contributed by atoms with Crippen LogP contribution in [0.5, 0.6) is 0 Å². The number of benzene rings is 1. The first-order chi connectivity index (χ1) is 14.1. The number of ether oxygens (including phenoxy) is 2. The largest absolute Gasteiger partial charge is 0.378 e. The van der Waals surface area contributed by atoms with E-state index in [2.05, 4.69) is 65.1 Å². The van der Waals surface area contributed by atoms with Gasteiger partial charge in [0.15, 0.2) is 5.96 Å². The quantitative estimate of drug-likeness (QED) is 0.586. The SMILES string of the molecule is CCOC1CCN(C(=NC)NCc2ccc(CN3CC(C)OC(C)C3)cc2)CC1. The van der Waals surface area contributed by atoms with Gasteiger partial charge in [-0.1, -0.05) is 24.3 Å². The summed E-state index contributed by atoms with van der Waals surface area (Å²) in [5.41, 5.74) is 2.64. The minimum Gasteiger partial charge on any atom is -0.378 e. The highest BCUT2D eigenvalue weighted by molar-refractivity contribution is 5.79. The van der Waals surface area contributed by atoms with Crippen LogP contribution < -0.4 is 5.32 Å². The number of nitrogens with zero attached hydrogens (tertiary/aromatic N) is 3. The van der Waals surface area contributed by atoms with Gasteiger partial charge >= 0.3 is 0 Å². The Kier molecular flexibility index (Phi) is 8.33. The molecule has 2 heterocycles. The Morgan fingerprint density at radius 1 is 1.10 bits per heavy atom. The lowest BCUT2D eigenvalue weighted by molar-refractivity contribution is -0.0704. The van der Waals surface area contributed by atoms with Gasteiger partial charge in [0.25, 0.3) is 0 Å². The summed E-state index contributed by atoms with van der Waals surface area (Å²) in [6.45, 7) is 13.0. The van der Waals surface area contributed by atoms with E-state index in [4.69, 9.17) is 9.47 Å². The van der Waals surface area contributed by atoms with E-state index in [0.717, 1.165) is 64.7 Å². The van der Waals surface area contributed by atoms with Crippen molar-refractivity contribution in [2.24, 2.45) is 4.99 Å². The first kappa shape index (κ1) is 22.1. The number of aliphatic imine (C=N–C) groups is 1. The molecule has 0 bridgehead atoms. The average Bonchev–Trinajstić information content (AvgIpc) is 2.70. The van der Waals surface area contributed by atoms with Crippen LogP contribution in [-0.4, -0.2) is 73.9 Å². The Bertz CT molecular complexity index is 631. The number of likely N-dealkylation sites (tertiary alicyclic amines) is 1. The molecular formula is C23H38N4O2. The van der Waals surface area contributed by atoms with E-state index in [0.29, 0.717) is 18.3 Å². The van der Waals surface area contributed by atoms with Crippen molar-refractivity contribution < 1.29 is 9.47 Å². The summed E-state index contributed by atoms with van der Waals surface area (Å²) in [5.74, 6) is 0.986. The predicted molar refractivity (Wildman–Crippen MR) is 118 cm³/mol. The Labute approximate surface area is 176 Å². The fraction of sp³-hybridized carbons (Fsp3) is 0.696. The Hall–Kier alpha value is -1.63. The van der Waals surface area contributed by atoms with Crippen LogP contribution >= 0.6 is 0 Å². The standard InChI is InChI=1S/C23H38N4O2/c1-5-28-22-10-12-27(13-11-22)23(24-4)25-14-20-6-8-21(9-7-20)17-26-15-18(2)29-19(3)16-26/h6-9,18-19,22H,5,10-17H2,1-4H3,(H,24,25). The molecule has 6 nitrogen and oxygen atoms in total. The lowest BCUT2D eigenvalue weighted by Gasteiger charge is -2.35. The topological polar surface area (TPSA) is 49.3 Å². The maximum Gasteiger partial charge on any atom is 0.193 e. The molecule has 162 valence electrons. The molecule has 1 aromatic carbocycles. The van der Waals surface area contributed by atoms with Gasteiger partial charge in [-0.15, -0.1) is 0 Å². The molecule has 0 amide bonds. The van der Waals surface area contributed by atoms with Crippen LogP contribution in [0.15, 0.2) is 29.3 Å². The second kappa shape index (κ2) is 11.0. The molecule has 1 N–H and O–H groups in total. The van der Waals surface area contributed by atoms with Crippen LogP contribution in [0.2, 0.25) is 0 Å². The van der Waals surface area contributed by atoms with Crippen LogP contribution in [0.1, 0.15) is 44.7 Å². The summed E-state index contributed by atoms with van der Waals surface area (Å²) in [4.78, 5) is 9.30. The summed E-state index contributed by atoms with van der Waals surface area (Å²) in [6, 6.07) is 8.95. The van der Waals surface area contributed by atoms with Crippen LogP contribution in [0.25, 0.3) is 0 Å². The number of morpholine rings is 1. The van der Waals surface area contributed by atoms with Crippen molar-refractivity contribution in [1.82, 2.24) is 15.1 Å². The summed E-state index contributed by atoms with van der Waals surface area (Å²) in [7, 11) is 1.87. The Balaban J connectivity index is 1.45. The van der Waals surface area contributed by atoms with Crippen molar-refractivity contribution in [3.63, 3.8) is 0 Å². The van der Waals surface area contributed by atoms with E-state index in [1.54, 1.807) is 0 Å². The number of hydrogen-bond donors (Lipinski definition) is 1. The van der Waals surface area contributed by atoms with Gasteiger partial charge in [0.2, 0.25) is 0 Å². The van der Waals surface area contributed by atoms with E-state index in [-0.39, 0.29) is 0 Å². The average molecular weight is 403 g/mol. The molecule has 2 aliphatic heterocycles. The van der Waals surface area contributed by atoms with E-state index in [1.165, 1.54) is 11.1 Å². The molecule has 2 aliphatic rings. The molecule has 3 rings (SSSR count). The number of rotatable bonds is 6. The molecule has 29 heavy (non-hydrogen) atoms. The zero-order valence-corrected chi connectivity index (χ0v) is 18.6. The minimum atomic E-state index is 0.313. The van der Waals surface area contributed by atoms with Crippen molar-refractivity contribution in [2.75, 3.05) is 39.8 Å². The smallest absolute Gasteiger partial charge is 0.193 e. The van der Waals surface area contributed by atoms with Gasteiger partial charge in [-0.2, -0.15) is 0 Å². The summed E-state index contributed by atoms with van der Waals surface area (Å²) < 4.78 is 11.6. The van der Waals surface area contributed by atoms with Crippen molar-refractivity contribution >= 4 is 5.96 Å². The van der Waals surface area contributed by atoms with Crippen LogP contribution in [-0.2, 0) is 22.6 Å². The van der Waals surface area contributed by atoms with Crippen LogP contribution in [0, 0.1) is 0 Å². The molecular weight excluding hydrogens is 364 g/mol. The first-order valence-corrected chi connectivity index (χ1v) is 11.1.